The molecule has 1 atom stereocenters. The van der Waals surface area contributed by atoms with E-state index in [1.54, 1.807) is 18.4 Å². The predicted molar refractivity (Wildman–Crippen MR) is 112 cm³/mol. The molecule has 0 bridgehead atoms. The highest BCUT2D eigenvalue weighted by Crippen LogP contribution is 2.13. The summed E-state index contributed by atoms with van der Waals surface area (Å²) in [6.07, 6.45) is 0. The zero-order valence-electron chi connectivity index (χ0n) is 13.8. The molecule has 0 saturated carbocycles. The van der Waals surface area contributed by atoms with Crippen LogP contribution in [0.2, 0.25) is 0 Å². The summed E-state index contributed by atoms with van der Waals surface area (Å²) in [6.45, 7) is 3.83. The molecule has 1 heterocycles. The van der Waals surface area contributed by atoms with Gasteiger partial charge in [-0.05, 0) is 41.4 Å². The Hall–Kier alpha value is -1.28. The van der Waals surface area contributed by atoms with E-state index in [0.717, 1.165) is 19.0 Å². The molecule has 1 aromatic carbocycles. The van der Waals surface area contributed by atoms with Crippen LogP contribution in [0.25, 0.3) is 0 Å². The summed E-state index contributed by atoms with van der Waals surface area (Å²) >= 11 is 1.71. The van der Waals surface area contributed by atoms with E-state index < -0.39 is 0 Å². The predicted octanol–water partition coefficient (Wildman–Crippen LogP) is 3.56. The van der Waals surface area contributed by atoms with Crippen molar-refractivity contribution < 1.29 is 0 Å². The Balaban J connectivity index is 0.00000264. The molecule has 0 saturated heterocycles. The van der Waals surface area contributed by atoms with Gasteiger partial charge in [0, 0.05) is 38.9 Å². The number of aliphatic imine (C=N–C) groups is 1. The summed E-state index contributed by atoms with van der Waals surface area (Å²) in [5.41, 5.74) is 2.50. The first-order valence-corrected chi connectivity index (χ1v) is 8.38. The van der Waals surface area contributed by atoms with E-state index in [2.05, 4.69) is 75.6 Å². The number of guanidine groups is 1. The van der Waals surface area contributed by atoms with Gasteiger partial charge in [0.05, 0.1) is 0 Å². The fraction of sp³-hybridized carbons (Fsp3) is 0.353. The fourth-order valence-corrected chi connectivity index (χ4v) is 2.77. The maximum atomic E-state index is 4.27. The standard InChI is InChI=1S/C17H24N4S.HI/c1-14(21(3)16-7-5-4-6-8-16)11-19-17(18-2)20-12-15-9-10-22-13-15;/h4-10,13-14H,11-12H2,1-3H3,(H2,18,19,20);1H. The fourth-order valence-electron chi connectivity index (χ4n) is 2.10. The molecule has 4 nitrogen and oxygen atoms in total. The van der Waals surface area contributed by atoms with E-state index in [4.69, 9.17) is 0 Å². The zero-order valence-corrected chi connectivity index (χ0v) is 17.0. The molecule has 0 fully saturated rings. The topological polar surface area (TPSA) is 39.7 Å². The largest absolute Gasteiger partial charge is 0.370 e. The number of benzene rings is 1. The molecule has 0 spiro atoms. The number of halogens is 1. The first-order chi connectivity index (χ1) is 10.7. The van der Waals surface area contributed by atoms with Gasteiger partial charge in [-0.25, -0.2) is 0 Å². The lowest BCUT2D eigenvalue weighted by atomic mass is 10.2. The van der Waals surface area contributed by atoms with Crippen molar-refractivity contribution in [3.05, 3.63) is 52.7 Å². The Morgan fingerprint density at radius 2 is 1.96 bits per heavy atom. The van der Waals surface area contributed by atoms with Crippen molar-refractivity contribution in [1.82, 2.24) is 10.6 Å². The van der Waals surface area contributed by atoms with Crippen molar-refractivity contribution in [3.63, 3.8) is 0 Å². The summed E-state index contributed by atoms with van der Waals surface area (Å²) in [5, 5.41) is 10.9. The van der Waals surface area contributed by atoms with E-state index >= 15 is 0 Å². The normalized spacial score (nSPS) is 12.2. The van der Waals surface area contributed by atoms with Gasteiger partial charge in [0.15, 0.2) is 5.96 Å². The minimum Gasteiger partial charge on any atom is -0.370 e. The number of rotatable bonds is 6. The molecule has 6 heteroatoms. The molecular weight excluding hydrogens is 419 g/mol. The van der Waals surface area contributed by atoms with Gasteiger partial charge in [-0.2, -0.15) is 11.3 Å². The second-order valence-corrected chi connectivity index (χ2v) is 6.01. The lowest BCUT2D eigenvalue weighted by Crippen LogP contribution is -2.44. The molecule has 0 aliphatic rings. The number of hydrogen-bond donors (Lipinski definition) is 2. The lowest BCUT2D eigenvalue weighted by molar-refractivity contribution is 0.648. The molecule has 0 aliphatic carbocycles. The van der Waals surface area contributed by atoms with Crippen LogP contribution >= 0.6 is 35.3 Å². The molecule has 23 heavy (non-hydrogen) atoms. The van der Waals surface area contributed by atoms with Crippen molar-refractivity contribution in [2.24, 2.45) is 4.99 Å². The van der Waals surface area contributed by atoms with E-state index in [-0.39, 0.29) is 24.0 Å². The number of nitrogens with one attached hydrogen (secondary N) is 2. The van der Waals surface area contributed by atoms with Crippen molar-refractivity contribution in [3.8, 4) is 0 Å². The molecule has 0 aliphatic heterocycles. The van der Waals surface area contributed by atoms with Crippen LogP contribution in [0.3, 0.4) is 0 Å². The molecule has 0 amide bonds. The van der Waals surface area contributed by atoms with Gasteiger partial charge in [0.2, 0.25) is 0 Å². The van der Waals surface area contributed by atoms with Gasteiger partial charge in [0.25, 0.3) is 0 Å². The van der Waals surface area contributed by atoms with Crippen molar-refractivity contribution >= 4 is 47.0 Å². The molecule has 2 aromatic rings. The van der Waals surface area contributed by atoms with E-state index in [0.29, 0.717) is 6.04 Å². The van der Waals surface area contributed by atoms with Crippen LogP contribution < -0.4 is 15.5 Å². The zero-order chi connectivity index (χ0) is 15.8. The summed E-state index contributed by atoms with van der Waals surface area (Å²) in [7, 11) is 3.91. The Bertz CT molecular complexity index is 572. The SMILES string of the molecule is CN=C(NCc1ccsc1)NCC(C)N(C)c1ccccc1.I. The van der Waals surface area contributed by atoms with Crippen molar-refractivity contribution in [2.45, 2.75) is 19.5 Å². The van der Waals surface area contributed by atoms with Gasteiger partial charge >= 0.3 is 0 Å². The Labute approximate surface area is 160 Å². The van der Waals surface area contributed by atoms with Crippen LogP contribution in [0.4, 0.5) is 5.69 Å². The summed E-state index contributed by atoms with van der Waals surface area (Å²) in [5.74, 6) is 0.833. The Morgan fingerprint density at radius 3 is 2.57 bits per heavy atom. The van der Waals surface area contributed by atoms with Crippen LogP contribution in [-0.2, 0) is 6.54 Å². The van der Waals surface area contributed by atoms with Crippen LogP contribution in [0.5, 0.6) is 0 Å². The van der Waals surface area contributed by atoms with E-state index in [9.17, 15) is 0 Å². The molecule has 1 aromatic heterocycles. The van der Waals surface area contributed by atoms with Crippen LogP contribution in [0.15, 0.2) is 52.2 Å². The summed E-state index contributed by atoms with van der Waals surface area (Å²) in [4.78, 5) is 6.53. The van der Waals surface area contributed by atoms with Crippen molar-refractivity contribution in [2.75, 3.05) is 25.5 Å². The monoisotopic (exact) mass is 444 g/mol. The highest BCUT2D eigenvalue weighted by atomic mass is 127. The first kappa shape index (κ1) is 19.8. The number of hydrogen-bond acceptors (Lipinski definition) is 3. The number of thiophene rings is 1. The van der Waals surface area contributed by atoms with Gasteiger partial charge in [-0.1, -0.05) is 18.2 Å². The summed E-state index contributed by atoms with van der Waals surface area (Å²) in [6, 6.07) is 12.9. The molecule has 1 unspecified atom stereocenters. The first-order valence-electron chi connectivity index (χ1n) is 7.44. The second kappa shape index (κ2) is 10.5. The third-order valence-corrected chi connectivity index (χ3v) is 4.39. The molecule has 0 radical (unpaired) electrons. The maximum Gasteiger partial charge on any atom is 0.191 e. The molecule has 2 rings (SSSR count). The van der Waals surface area contributed by atoms with E-state index in [1.807, 2.05) is 6.07 Å². The highest BCUT2D eigenvalue weighted by Gasteiger charge is 2.10. The number of para-hydroxylation sites is 1. The molecule has 126 valence electrons. The summed E-state index contributed by atoms with van der Waals surface area (Å²) < 4.78 is 0. The Morgan fingerprint density at radius 1 is 1.22 bits per heavy atom. The average Bonchev–Trinajstić information content (AvgIpc) is 3.08. The third kappa shape index (κ3) is 6.39. The van der Waals surface area contributed by atoms with Gasteiger partial charge in [-0.15, -0.1) is 24.0 Å². The average molecular weight is 444 g/mol. The van der Waals surface area contributed by atoms with E-state index in [1.165, 1.54) is 11.3 Å². The van der Waals surface area contributed by atoms with Gasteiger partial charge in [0.1, 0.15) is 0 Å². The number of anilines is 1. The lowest BCUT2D eigenvalue weighted by Gasteiger charge is -2.27. The van der Waals surface area contributed by atoms with Crippen LogP contribution in [-0.4, -0.2) is 32.6 Å². The van der Waals surface area contributed by atoms with Crippen molar-refractivity contribution in [1.29, 1.82) is 0 Å². The highest BCUT2D eigenvalue weighted by molar-refractivity contribution is 14.0. The number of likely N-dealkylation sites (N-methyl/N-ethyl adjacent to an activating group) is 1. The quantitative estimate of drug-likeness (QED) is 0.407. The molecule has 2 N–H and O–H groups in total. The minimum atomic E-state index is 0. The van der Waals surface area contributed by atoms with Gasteiger partial charge < -0.3 is 15.5 Å². The Kier molecular flexibility index (Phi) is 9.01. The van der Waals surface area contributed by atoms with Crippen LogP contribution in [0.1, 0.15) is 12.5 Å². The van der Waals surface area contributed by atoms with Gasteiger partial charge in [-0.3, -0.25) is 4.99 Å². The number of nitrogens with zero attached hydrogens (tertiary/aromatic N) is 2. The maximum absolute atomic E-state index is 4.27. The van der Waals surface area contributed by atoms with Crippen LogP contribution in [0, 0.1) is 0 Å². The smallest absolute Gasteiger partial charge is 0.191 e. The molecular formula is C17H25IN4S. The second-order valence-electron chi connectivity index (χ2n) is 5.23. The third-order valence-electron chi connectivity index (χ3n) is 3.65. The minimum absolute atomic E-state index is 0.